The van der Waals surface area contributed by atoms with Crippen LogP contribution in [-0.4, -0.2) is 9.55 Å². The summed E-state index contributed by atoms with van der Waals surface area (Å²) in [6.07, 6.45) is 5.20. The Bertz CT molecular complexity index is 224. The van der Waals surface area contributed by atoms with Gasteiger partial charge in [0.25, 0.3) is 0 Å². The fraction of sp³-hybridized carbons (Fsp3) is 0.727. The molecule has 1 rings (SSSR count). The maximum absolute atomic E-state index is 4.37. The van der Waals surface area contributed by atoms with E-state index in [1.54, 1.807) is 0 Å². The SMILES string of the molecule is CC(C)Cc1cn(CC(C)C)cn1. The topological polar surface area (TPSA) is 17.8 Å². The highest BCUT2D eigenvalue weighted by Gasteiger charge is 2.02. The van der Waals surface area contributed by atoms with Crippen molar-refractivity contribution in [2.75, 3.05) is 0 Å². The minimum absolute atomic E-state index is 0.695. The Kier molecular flexibility index (Phi) is 3.52. The highest BCUT2D eigenvalue weighted by molar-refractivity contribution is 4.97. The van der Waals surface area contributed by atoms with Crippen molar-refractivity contribution in [3.8, 4) is 0 Å². The third-order valence-corrected chi connectivity index (χ3v) is 1.88. The zero-order valence-electron chi connectivity index (χ0n) is 9.12. The van der Waals surface area contributed by atoms with Crippen molar-refractivity contribution in [2.24, 2.45) is 11.8 Å². The smallest absolute Gasteiger partial charge is 0.0949 e. The number of rotatable bonds is 4. The second-order valence-electron chi connectivity index (χ2n) is 4.55. The van der Waals surface area contributed by atoms with Crippen LogP contribution in [0.1, 0.15) is 33.4 Å². The fourth-order valence-corrected chi connectivity index (χ4v) is 1.45. The van der Waals surface area contributed by atoms with Gasteiger partial charge in [-0.3, -0.25) is 0 Å². The molecule has 0 aliphatic heterocycles. The fourth-order valence-electron chi connectivity index (χ4n) is 1.45. The summed E-state index contributed by atoms with van der Waals surface area (Å²) in [5, 5.41) is 0. The van der Waals surface area contributed by atoms with Crippen LogP contribution >= 0.6 is 0 Å². The zero-order valence-corrected chi connectivity index (χ0v) is 9.12. The first-order chi connectivity index (χ1) is 6.08. The van der Waals surface area contributed by atoms with E-state index in [-0.39, 0.29) is 0 Å². The average molecular weight is 180 g/mol. The quantitative estimate of drug-likeness (QED) is 0.696. The summed E-state index contributed by atoms with van der Waals surface area (Å²) in [5.74, 6) is 1.39. The van der Waals surface area contributed by atoms with Crippen molar-refractivity contribution in [3.05, 3.63) is 18.2 Å². The molecule has 0 aromatic carbocycles. The Morgan fingerprint density at radius 1 is 1.23 bits per heavy atom. The molecular formula is C11H20N2. The molecule has 1 heterocycles. The zero-order chi connectivity index (χ0) is 9.84. The van der Waals surface area contributed by atoms with Gasteiger partial charge in [0.15, 0.2) is 0 Å². The van der Waals surface area contributed by atoms with Crippen molar-refractivity contribution in [3.63, 3.8) is 0 Å². The van der Waals surface area contributed by atoms with Crippen LogP contribution in [0.25, 0.3) is 0 Å². The summed E-state index contributed by atoms with van der Waals surface area (Å²) in [7, 11) is 0. The van der Waals surface area contributed by atoms with E-state index < -0.39 is 0 Å². The summed E-state index contributed by atoms with van der Waals surface area (Å²) in [6.45, 7) is 9.97. The molecule has 0 amide bonds. The van der Waals surface area contributed by atoms with Crippen molar-refractivity contribution in [1.29, 1.82) is 0 Å². The Labute approximate surface area is 81.0 Å². The van der Waals surface area contributed by atoms with Crippen LogP contribution in [0, 0.1) is 11.8 Å². The molecule has 13 heavy (non-hydrogen) atoms. The Morgan fingerprint density at radius 2 is 1.92 bits per heavy atom. The van der Waals surface area contributed by atoms with Gasteiger partial charge in [-0.1, -0.05) is 27.7 Å². The first kappa shape index (κ1) is 10.3. The van der Waals surface area contributed by atoms with Crippen molar-refractivity contribution in [2.45, 2.75) is 40.7 Å². The largest absolute Gasteiger partial charge is 0.337 e. The van der Waals surface area contributed by atoms with Crippen LogP contribution in [0.15, 0.2) is 12.5 Å². The summed E-state index contributed by atoms with van der Waals surface area (Å²) >= 11 is 0. The Hall–Kier alpha value is -0.790. The molecule has 0 saturated carbocycles. The van der Waals surface area contributed by atoms with Gasteiger partial charge in [0.2, 0.25) is 0 Å². The summed E-state index contributed by atoms with van der Waals surface area (Å²) in [5.41, 5.74) is 1.22. The maximum atomic E-state index is 4.37. The van der Waals surface area contributed by atoms with Gasteiger partial charge in [0.1, 0.15) is 0 Å². The van der Waals surface area contributed by atoms with Crippen molar-refractivity contribution < 1.29 is 0 Å². The first-order valence-corrected chi connectivity index (χ1v) is 5.08. The first-order valence-electron chi connectivity index (χ1n) is 5.08. The Morgan fingerprint density at radius 3 is 2.46 bits per heavy atom. The van der Waals surface area contributed by atoms with Crippen LogP contribution in [-0.2, 0) is 13.0 Å². The van der Waals surface area contributed by atoms with E-state index in [1.165, 1.54) is 5.69 Å². The molecule has 2 heteroatoms. The minimum atomic E-state index is 0.695. The van der Waals surface area contributed by atoms with E-state index in [0.29, 0.717) is 11.8 Å². The van der Waals surface area contributed by atoms with E-state index >= 15 is 0 Å². The molecule has 0 bridgehead atoms. The lowest BCUT2D eigenvalue weighted by Gasteiger charge is -2.04. The molecule has 0 fully saturated rings. The van der Waals surface area contributed by atoms with Gasteiger partial charge >= 0.3 is 0 Å². The van der Waals surface area contributed by atoms with E-state index in [9.17, 15) is 0 Å². The molecule has 0 spiro atoms. The lowest BCUT2D eigenvalue weighted by molar-refractivity contribution is 0.522. The molecule has 0 atom stereocenters. The normalized spacial score (nSPS) is 11.5. The Balaban J connectivity index is 2.53. The van der Waals surface area contributed by atoms with Crippen LogP contribution in [0.3, 0.4) is 0 Å². The van der Waals surface area contributed by atoms with Gasteiger partial charge in [-0.05, 0) is 18.3 Å². The minimum Gasteiger partial charge on any atom is -0.337 e. The van der Waals surface area contributed by atoms with Crippen LogP contribution in [0.5, 0.6) is 0 Å². The number of imidazole rings is 1. The number of hydrogen-bond donors (Lipinski definition) is 0. The van der Waals surface area contributed by atoms with Crippen molar-refractivity contribution in [1.82, 2.24) is 9.55 Å². The number of aromatic nitrogens is 2. The van der Waals surface area contributed by atoms with Gasteiger partial charge < -0.3 is 4.57 Å². The second-order valence-corrected chi connectivity index (χ2v) is 4.55. The lowest BCUT2D eigenvalue weighted by Crippen LogP contribution is -2.01. The van der Waals surface area contributed by atoms with E-state index in [4.69, 9.17) is 0 Å². The van der Waals surface area contributed by atoms with Crippen molar-refractivity contribution >= 4 is 0 Å². The van der Waals surface area contributed by atoms with E-state index in [0.717, 1.165) is 13.0 Å². The molecule has 74 valence electrons. The molecule has 0 radical (unpaired) electrons. The average Bonchev–Trinajstić information content (AvgIpc) is 2.33. The van der Waals surface area contributed by atoms with Gasteiger partial charge in [-0.25, -0.2) is 4.98 Å². The highest BCUT2D eigenvalue weighted by atomic mass is 15.0. The molecule has 0 saturated heterocycles. The predicted octanol–water partition coefficient (Wildman–Crippen LogP) is 2.74. The third kappa shape index (κ3) is 3.62. The molecular weight excluding hydrogens is 160 g/mol. The maximum Gasteiger partial charge on any atom is 0.0949 e. The summed E-state index contributed by atoms with van der Waals surface area (Å²) < 4.78 is 2.18. The monoisotopic (exact) mass is 180 g/mol. The van der Waals surface area contributed by atoms with Gasteiger partial charge in [-0.2, -0.15) is 0 Å². The third-order valence-electron chi connectivity index (χ3n) is 1.88. The molecule has 0 aliphatic carbocycles. The van der Waals surface area contributed by atoms with Gasteiger partial charge in [-0.15, -0.1) is 0 Å². The van der Waals surface area contributed by atoms with Gasteiger partial charge in [0.05, 0.1) is 12.0 Å². The van der Waals surface area contributed by atoms with E-state index in [2.05, 4.69) is 43.4 Å². The molecule has 0 N–H and O–H groups in total. The molecule has 2 nitrogen and oxygen atoms in total. The van der Waals surface area contributed by atoms with Crippen LogP contribution in [0.2, 0.25) is 0 Å². The lowest BCUT2D eigenvalue weighted by atomic mass is 10.1. The van der Waals surface area contributed by atoms with E-state index in [1.807, 2.05) is 6.33 Å². The molecule has 1 aromatic heterocycles. The summed E-state index contributed by atoms with van der Waals surface area (Å²) in [4.78, 5) is 4.37. The molecule has 0 aliphatic rings. The van der Waals surface area contributed by atoms with Gasteiger partial charge in [0, 0.05) is 12.7 Å². The van der Waals surface area contributed by atoms with Crippen LogP contribution in [0.4, 0.5) is 0 Å². The van der Waals surface area contributed by atoms with Crippen LogP contribution < -0.4 is 0 Å². The summed E-state index contributed by atoms with van der Waals surface area (Å²) in [6, 6.07) is 0. The standard InChI is InChI=1S/C11H20N2/c1-9(2)5-11-7-13(8-12-11)6-10(3)4/h7-10H,5-6H2,1-4H3. The molecule has 1 aromatic rings. The predicted molar refractivity (Wildman–Crippen MR) is 55.6 cm³/mol. The number of hydrogen-bond acceptors (Lipinski definition) is 1. The highest BCUT2D eigenvalue weighted by Crippen LogP contribution is 2.06. The number of nitrogens with zero attached hydrogens (tertiary/aromatic N) is 2. The second kappa shape index (κ2) is 4.45. The molecule has 0 unspecified atom stereocenters.